The normalized spacial score (nSPS) is 12.6. The van der Waals surface area contributed by atoms with Crippen LogP contribution in [0.25, 0.3) is 0 Å². The fourth-order valence-corrected chi connectivity index (χ4v) is 1.90. The molecular formula is C12H16FN5. The summed E-state index contributed by atoms with van der Waals surface area (Å²) in [5, 5.41) is 7.27. The Hall–Kier alpha value is -1.82. The molecule has 0 bridgehead atoms. The molecule has 0 amide bonds. The van der Waals surface area contributed by atoms with Gasteiger partial charge in [-0.25, -0.2) is 9.37 Å². The molecule has 1 unspecified atom stereocenters. The average molecular weight is 249 g/mol. The minimum atomic E-state index is -0.329. The number of nitrogens with zero attached hydrogens (tertiary/aromatic N) is 4. The molecule has 0 spiro atoms. The van der Waals surface area contributed by atoms with Gasteiger partial charge in [-0.1, -0.05) is 0 Å². The van der Waals surface area contributed by atoms with E-state index >= 15 is 0 Å². The maximum absolute atomic E-state index is 13.2. The highest BCUT2D eigenvalue weighted by Gasteiger charge is 2.14. The first-order chi connectivity index (χ1) is 8.74. The van der Waals surface area contributed by atoms with Crippen molar-refractivity contribution in [3.05, 3.63) is 42.0 Å². The highest BCUT2D eigenvalue weighted by molar-refractivity contribution is 5.16. The molecule has 2 aromatic heterocycles. The Morgan fingerprint density at radius 2 is 2.28 bits per heavy atom. The third-order valence-electron chi connectivity index (χ3n) is 2.86. The van der Waals surface area contributed by atoms with Gasteiger partial charge in [0.15, 0.2) is 0 Å². The molecular weight excluding hydrogens is 233 g/mol. The van der Waals surface area contributed by atoms with Crippen molar-refractivity contribution in [2.45, 2.75) is 25.9 Å². The van der Waals surface area contributed by atoms with Crippen LogP contribution in [0, 0.1) is 5.82 Å². The summed E-state index contributed by atoms with van der Waals surface area (Å²) in [6.45, 7) is 2.78. The molecule has 0 fully saturated rings. The zero-order valence-electron chi connectivity index (χ0n) is 10.5. The van der Waals surface area contributed by atoms with Crippen LogP contribution in [0.1, 0.15) is 24.4 Å². The van der Waals surface area contributed by atoms with E-state index < -0.39 is 0 Å². The monoisotopic (exact) mass is 249 g/mol. The second-order valence-electron chi connectivity index (χ2n) is 3.97. The molecule has 18 heavy (non-hydrogen) atoms. The number of nitrogens with one attached hydrogen (secondary N) is 1. The highest BCUT2D eigenvalue weighted by atomic mass is 19.1. The van der Waals surface area contributed by atoms with Crippen molar-refractivity contribution in [1.82, 2.24) is 25.1 Å². The van der Waals surface area contributed by atoms with Crippen LogP contribution in [-0.4, -0.2) is 26.8 Å². The maximum Gasteiger partial charge on any atom is 0.141 e. The minimum absolute atomic E-state index is 0.0253. The topological polar surface area (TPSA) is 55.6 Å². The number of hydrogen-bond acceptors (Lipinski definition) is 4. The number of rotatable bonds is 5. The Bertz CT molecular complexity index is 511. The number of aryl methyl sites for hydroxylation is 1. The summed E-state index contributed by atoms with van der Waals surface area (Å²) in [5.74, 6) is 0.547. The molecule has 96 valence electrons. The fraction of sp³-hybridized carbons (Fsp3) is 0.417. The van der Waals surface area contributed by atoms with Crippen molar-refractivity contribution in [1.29, 1.82) is 0 Å². The Balaban J connectivity index is 2.20. The smallest absolute Gasteiger partial charge is 0.141 e. The third kappa shape index (κ3) is 2.70. The highest BCUT2D eigenvalue weighted by Crippen LogP contribution is 2.16. The summed E-state index contributed by atoms with van der Waals surface area (Å²) >= 11 is 0. The van der Waals surface area contributed by atoms with Gasteiger partial charge in [-0.15, -0.1) is 0 Å². The van der Waals surface area contributed by atoms with Crippen LogP contribution < -0.4 is 5.32 Å². The van der Waals surface area contributed by atoms with E-state index in [2.05, 4.69) is 20.4 Å². The van der Waals surface area contributed by atoms with Crippen LogP contribution >= 0.6 is 0 Å². The molecule has 0 saturated heterocycles. The summed E-state index contributed by atoms with van der Waals surface area (Å²) < 4.78 is 15.0. The van der Waals surface area contributed by atoms with Crippen molar-refractivity contribution >= 4 is 0 Å². The lowest BCUT2D eigenvalue weighted by atomic mass is 10.1. The van der Waals surface area contributed by atoms with E-state index in [0.29, 0.717) is 6.42 Å². The van der Waals surface area contributed by atoms with Gasteiger partial charge in [0.25, 0.3) is 0 Å². The molecule has 5 nitrogen and oxygen atoms in total. The molecule has 1 N–H and O–H groups in total. The van der Waals surface area contributed by atoms with E-state index in [1.807, 2.05) is 18.7 Å². The molecule has 6 heteroatoms. The largest absolute Gasteiger partial charge is 0.313 e. The molecule has 0 saturated carbocycles. The van der Waals surface area contributed by atoms with Gasteiger partial charge >= 0.3 is 0 Å². The van der Waals surface area contributed by atoms with Crippen molar-refractivity contribution < 1.29 is 4.39 Å². The van der Waals surface area contributed by atoms with Gasteiger partial charge in [0.2, 0.25) is 0 Å². The number of likely N-dealkylation sites (N-methyl/N-ethyl adjacent to an activating group) is 1. The quantitative estimate of drug-likeness (QED) is 0.868. The van der Waals surface area contributed by atoms with Crippen LogP contribution in [0.4, 0.5) is 4.39 Å². The zero-order valence-corrected chi connectivity index (χ0v) is 10.5. The first-order valence-electron chi connectivity index (χ1n) is 5.89. The SMILES string of the molecule is CCn1ncnc1CC(NC)c1cncc(F)c1. The Morgan fingerprint density at radius 3 is 2.94 bits per heavy atom. The predicted molar refractivity (Wildman–Crippen MR) is 65.4 cm³/mol. The summed E-state index contributed by atoms with van der Waals surface area (Å²) in [4.78, 5) is 8.09. The first kappa shape index (κ1) is 12.6. The van der Waals surface area contributed by atoms with Gasteiger partial charge in [0.1, 0.15) is 18.0 Å². The summed E-state index contributed by atoms with van der Waals surface area (Å²) in [6.07, 6.45) is 5.05. The molecule has 0 aliphatic rings. The lowest BCUT2D eigenvalue weighted by Gasteiger charge is -2.16. The molecule has 2 aromatic rings. The second kappa shape index (κ2) is 5.68. The van der Waals surface area contributed by atoms with Crippen molar-refractivity contribution in [2.24, 2.45) is 0 Å². The van der Waals surface area contributed by atoms with E-state index in [-0.39, 0.29) is 11.9 Å². The van der Waals surface area contributed by atoms with Gasteiger partial charge in [0.05, 0.1) is 6.20 Å². The lowest BCUT2D eigenvalue weighted by molar-refractivity contribution is 0.527. The molecule has 0 aliphatic heterocycles. The van der Waals surface area contributed by atoms with Crippen molar-refractivity contribution in [3.8, 4) is 0 Å². The number of halogens is 1. The maximum atomic E-state index is 13.2. The van der Waals surface area contributed by atoms with Gasteiger partial charge in [-0.05, 0) is 25.6 Å². The zero-order chi connectivity index (χ0) is 13.0. The Morgan fingerprint density at radius 1 is 1.44 bits per heavy atom. The van der Waals surface area contributed by atoms with E-state index in [1.165, 1.54) is 18.6 Å². The summed E-state index contributed by atoms with van der Waals surface area (Å²) in [7, 11) is 1.84. The van der Waals surface area contributed by atoms with Crippen molar-refractivity contribution in [2.75, 3.05) is 7.05 Å². The molecule has 2 heterocycles. The van der Waals surface area contributed by atoms with Crippen LogP contribution in [-0.2, 0) is 13.0 Å². The van der Waals surface area contributed by atoms with Crippen molar-refractivity contribution in [3.63, 3.8) is 0 Å². The molecule has 0 aliphatic carbocycles. The molecule has 1 atom stereocenters. The molecule has 0 radical (unpaired) electrons. The van der Waals surface area contributed by atoms with Crippen LogP contribution in [0.15, 0.2) is 24.8 Å². The number of hydrogen-bond donors (Lipinski definition) is 1. The van der Waals surface area contributed by atoms with Crippen LogP contribution in [0.2, 0.25) is 0 Å². The standard InChI is InChI=1S/C12H16FN5/c1-3-18-12(16-8-17-18)5-11(14-2)9-4-10(13)7-15-6-9/h4,6-8,11,14H,3,5H2,1-2H3. The second-order valence-corrected chi connectivity index (χ2v) is 3.97. The van der Waals surface area contributed by atoms with E-state index in [9.17, 15) is 4.39 Å². The average Bonchev–Trinajstić information content (AvgIpc) is 2.83. The lowest BCUT2D eigenvalue weighted by Crippen LogP contribution is -2.21. The Kier molecular flexibility index (Phi) is 3.99. The predicted octanol–water partition coefficient (Wildman–Crippen LogP) is 1.34. The number of aromatic nitrogens is 4. The Labute approximate surface area is 105 Å². The third-order valence-corrected chi connectivity index (χ3v) is 2.86. The fourth-order valence-electron chi connectivity index (χ4n) is 1.90. The van der Waals surface area contributed by atoms with Gasteiger partial charge < -0.3 is 5.32 Å². The first-order valence-corrected chi connectivity index (χ1v) is 5.89. The number of pyridine rings is 1. The minimum Gasteiger partial charge on any atom is -0.313 e. The molecule has 2 rings (SSSR count). The van der Waals surface area contributed by atoms with Crippen LogP contribution in [0.3, 0.4) is 0 Å². The van der Waals surface area contributed by atoms with Crippen LogP contribution in [0.5, 0.6) is 0 Å². The molecule has 0 aromatic carbocycles. The summed E-state index contributed by atoms with van der Waals surface area (Å²) in [6, 6.07) is 1.46. The van der Waals surface area contributed by atoms with E-state index in [4.69, 9.17) is 0 Å². The van der Waals surface area contributed by atoms with Gasteiger partial charge in [0, 0.05) is 25.2 Å². The van der Waals surface area contributed by atoms with Gasteiger partial charge in [-0.2, -0.15) is 5.10 Å². The van der Waals surface area contributed by atoms with E-state index in [0.717, 1.165) is 17.9 Å². The van der Waals surface area contributed by atoms with Gasteiger partial charge in [-0.3, -0.25) is 9.67 Å². The van der Waals surface area contributed by atoms with E-state index in [1.54, 1.807) is 6.20 Å². The summed E-state index contributed by atoms with van der Waals surface area (Å²) in [5.41, 5.74) is 0.808.